The number of hydrogen-bond acceptors (Lipinski definition) is 8. The fourth-order valence-corrected chi connectivity index (χ4v) is 3.06. The number of nitrogens with zero attached hydrogens (tertiary/aromatic N) is 7. The van der Waals surface area contributed by atoms with Crippen LogP contribution in [0.4, 0.5) is 17.6 Å². The quantitative estimate of drug-likeness (QED) is 0.631. The van der Waals surface area contributed by atoms with Gasteiger partial charge in [-0.05, 0) is 18.2 Å². The van der Waals surface area contributed by atoms with Crippen molar-refractivity contribution in [3.8, 4) is 11.3 Å². The Morgan fingerprint density at radius 2 is 1.69 bits per heavy atom. The Balaban J connectivity index is 0.000000755. The van der Waals surface area contributed by atoms with Crippen molar-refractivity contribution in [1.82, 2.24) is 25.1 Å². The van der Waals surface area contributed by atoms with Gasteiger partial charge in [-0.1, -0.05) is 12.1 Å². The summed E-state index contributed by atoms with van der Waals surface area (Å²) in [6, 6.07) is 10.4. The molecule has 1 aliphatic heterocycles. The molecule has 3 aromatic rings. The molecule has 0 spiro atoms. The molecule has 10 heteroatoms. The highest BCUT2D eigenvalue weighted by atomic mass is 16.3. The number of carboxylic acid groups (broad SMARTS) is 1. The van der Waals surface area contributed by atoms with E-state index in [0.717, 1.165) is 49.3 Å². The van der Waals surface area contributed by atoms with Crippen molar-refractivity contribution in [1.29, 1.82) is 0 Å². The number of nitrogens with one attached hydrogen (secondary N) is 1. The minimum absolute atomic E-state index is 0.250. The largest absolute Gasteiger partial charge is 0.483 e. The Hall–Kier alpha value is -3.69. The predicted octanol–water partition coefficient (Wildman–Crippen LogP) is 1.36. The van der Waals surface area contributed by atoms with Crippen LogP contribution >= 0.6 is 0 Å². The minimum atomic E-state index is -0.250. The standard InChI is InChI=1S/C18H22N8.CH2O2/c1-24(2)15-5-3-14(4-6-15)16-7-8-19-17(22-16)25-9-11-26(12-10-25)18-20-13-21-23-18;2-1-3/h3-8,13H,9-12H2,1-2H3,(H,20,21,23);1H,(H,2,3). The van der Waals surface area contributed by atoms with Crippen LogP contribution in [-0.4, -0.2) is 77.0 Å². The lowest BCUT2D eigenvalue weighted by atomic mass is 10.1. The Morgan fingerprint density at radius 1 is 1.03 bits per heavy atom. The van der Waals surface area contributed by atoms with E-state index in [0.29, 0.717) is 0 Å². The lowest BCUT2D eigenvalue weighted by molar-refractivity contribution is -0.122. The molecule has 0 atom stereocenters. The SMILES string of the molecule is CN(C)c1ccc(-c2ccnc(N3CCN(c4ncn[nH]4)CC3)n2)cc1.O=CO. The van der Waals surface area contributed by atoms with E-state index in [-0.39, 0.29) is 6.47 Å². The van der Waals surface area contributed by atoms with Crippen LogP contribution in [0.3, 0.4) is 0 Å². The van der Waals surface area contributed by atoms with Gasteiger partial charge in [-0.3, -0.25) is 4.79 Å². The zero-order chi connectivity index (χ0) is 20.6. The predicted molar refractivity (Wildman–Crippen MR) is 111 cm³/mol. The molecule has 1 fully saturated rings. The van der Waals surface area contributed by atoms with E-state index in [4.69, 9.17) is 14.9 Å². The van der Waals surface area contributed by atoms with Gasteiger partial charge in [0.15, 0.2) is 0 Å². The first-order valence-electron chi connectivity index (χ1n) is 9.16. The van der Waals surface area contributed by atoms with Crippen molar-refractivity contribution in [2.75, 3.05) is 55.0 Å². The monoisotopic (exact) mass is 396 g/mol. The molecule has 0 aliphatic carbocycles. The van der Waals surface area contributed by atoms with E-state index in [1.807, 2.05) is 26.4 Å². The number of carbonyl (C=O) groups is 1. The summed E-state index contributed by atoms with van der Waals surface area (Å²) in [6.07, 6.45) is 3.37. The molecule has 3 heterocycles. The van der Waals surface area contributed by atoms with Crippen molar-refractivity contribution >= 4 is 24.1 Å². The molecule has 1 saturated heterocycles. The van der Waals surface area contributed by atoms with Gasteiger partial charge in [0, 0.05) is 57.7 Å². The summed E-state index contributed by atoms with van der Waals surface area (Å²) in [5.41, 5.74) is 3.21. The number of H-pyrrole nitrogens is 1. The van der Waals surface area contributed by atoms with E-state index in [1.54, 1.807) is 0 Å². The van der Waals surface area contributed by atoms with Crippen LogP contribution in [0.25, 0.3) is 11.3 Å². The molecule has 4 rings (SSSR count). The van der Waals surface area contributed by atoms with Crippen molar-refractivity contribution in [3.05, 3.63) is 42.9 Å². The lowest BCUT2D eigenvalue weighted by Crippen LogP contribution is -2.47. The van der Waals surface area contributed by atoms with Gasteiger partial charge in [-0.2, -0.15) is 10.1 Å². The Morgan fingerprint density at radius 3 is 2.28 bits per heavy atom. The molecule has 10 nitrogen and oxygen atoms in total. The van der Waals surface area contributed by atoms with E-state index in [2.05, 4.69) is 59.1 Å². The third kappa shape index (κ3) is 4.98. The molecule has 1 aromatic carbocycles. The van der Waals surface area contributed by atoms with Crippen LogP contribution in [0.5, 0.6) is 0 Å². The second-order valence-electron chi connectivity index (χ2n) is 6.57. The zero-order valence-electron chi connectivity index (χ0n) is 16.4. The number of piperazine rings is 1. The van der Waals surface area contributed by atoms with E-state index >= 15 is 0 Å². The van der Waals surface area contributed by atoms with E-state index in [9.17, 15) is 0 Å². The molecular formula is C19H24N8O2. The average molecular weight is 396 g/mol. The normalized spacial score (nSPS) is 13.4. The van der Waals surface area contributed by atoms with Crippen LogP contribution in [0.1, 0.15) is 0 Å². The number of aromatic nitrogens is 5. The number of aromatic amines is 1. The molecule has 0 saturated carbocycles. The maximum absolute atomic E-state index is 8.36. The van der Waals surface area contributed by atoms with Crippen molar-refractivity contribution in [2.45, 2.75) is 0 Å². The van der Waals surface area contributed by atoms with Gasteiger partial charge in [0.05, 0.1) is 5.69 Å². The molecule has 0 unspecified atom stereocenters. The van der Waals surface area contributed by atoms with Crippen LogP contribution in [-0.2, 0) is 4.79 Å². The third-order valence-electron chi connectivity index (χ3n) is 4.59. The van der Waals surface area contributed by atoms with Crippen molar-refractivity contribution < 1.29 is 9.90 Å². The average Bonchev–Trinajstić information content (AvgIpc) is 3.30. The second kappa shape index (κ2) is 9.49. The minimum Gasteiger partial charge on any atom is -0.483 e. The van der Waals surface area contributed by atoms with E-state index in [1.165, 1.54) is 12.0 Å². The van der Waals surface area contributed by atoms with Gasteiger partial charge >= 0.3 is 0 Å². The van der Waals surface area contributed by atoms with E-state index < -0.39 is 0 Å². The molecule has 0 bridgehead atoms. The summed E-state index contributed by atoms with van der Waals surface area (Å²) < 4.78 is 0. The van der Waals surface area contributed by atoms with Gasteiger partial charge in [0.2, 0.25) is 11.9 Å². The molecule has 29 heavy (non-hydrogen) atoms. The zero-order valence-corrected chi connectivity index (χ0v) is 16.4. The number of anilines is 3. The Kier molecular flexibility index (Phi) is 6.56. The van der Waals surface area contributed by atoms with Gasteiger partial charge in [-0.15, -0.1) is 0 Å². The first-order valence-corrected chi connectivity index (χ1v) is 9.16. The van der Waals surface area contributed by atoms with Crippen LogP contribution in [0, 0.1) is 0 Å². The summed E-state index contributed by atoms with van der Waals surface area (Å²) in [5.74, 6) is 1.59. The maximum atomic E-state index is 8.36. The molecular weight excluding hydrogens is 372 g/mol. The van der Waals surface area contributed by atoms with Gasteiger partial charge in [0.1, 0.15) is 6.33 Å². The summed E-state index contributed by atoms with van der Waals surface area (Å²) in [6.45, 7) is 3.17. The molecule has 2 aromatic heterocycles. The molecule has 152 valence electrons. The topological polar surface area (TPSA) is 114 Å². The lowest BCUT2D eigenvalue weighted by Gasteiger charge is -2.34. The van der Waals surface area contributed by atoms with Gasteiger partial charge in [0.25, 0.3) is 6.47 Å². The Bertz CT molecular complexity index is 891. The fraction of sp³-hybridized carbons (Fsp3) is 0.316. The van der Waals surface area contributed by atoms with Crippen molar-refractivity contribution in [2.24, 2.45) is 0 Å². The first-order chi connectivity index (χ1) is 14.1. The molecule has 0 radical (unpaired) electrons. The van der Waals surface area contributed by atoms with Gasteiger partial charge in [-0.25, -0.2) is 15.1 Å². The highest BCUT2D eigenvalue weighted by molar-refractivity contribution is 5.63. The fourth-order valence-electron chi connectivity index (χ4n) is 3.06. The summed E-state index contributed by atoms with van der Waals surface area (Å²) in [7, 11) is 4.08. The maximum Gasteiger partial charge on any atom is 0.290 e. The van der Waals surface area contributed by atoms with Crippen LogP contribution < -0.4 is 14.7 Å². The van der Waals surface area contributed by atoms with Gasteiger partial charge < -0.3 is 19.8 Å². The second-order valence-corrected chi connectivity index (χ2v) is 6.57. The first kappa shape index (κ1) is 20.1. The summed E-state index contributed by atoms with van der Waals surface area (Å²) >= 11 is 0. The van der Waals surface area contributed by atoms with Crippen LogP contribution in [0.2, 0.25) is 0 Å². The van der Waals surface area contributed by atoms with Crippen LogP contribution in [0.15, 0.2) is 42.9 Å². The molecule has 1 aliphatic rings. The number of hydrogen-bond donors (Lipinski definition) is 2. The molecule has 0 amide bonds. The summed E-state index contributed by atoms with van der Waals surface area (Å²) in [4.78, 5) is 28.3. The smallest absolute Gasteiger partial charge is 0.290 e. The molecule has 2 N–H and O–H groups in total. The highest BCUT2D eigenvalue weighted by Gasteiger charge is 2.21. The number of rotatable bonds is 4. The summed E-state index contributed by atoms with van der Waals surface area (Å²) in [5, 5.41) is 13.7. The Labute approximate surface area is 168 Å². The number of benzene rings is 1. The highest BCUT2D eigenvalue weighted by Crippen LogP contribution is 2.22. The van der Waals surface area contributed by atoms with Crippen molar-refractivity contribution in [3.63, 3.8) is 0 Å². The third-order valence-corrected chi connectivity index (χ3v) is 4.59.